The fourth-order valence-electron chi connectivity index (χ4n) is 1.91. The second kappa shape index (κ2) is 6.15. The van der Waals surface area contributed by atoms with Gasteiger partial charge in [0.15, 0.2) is 0 Å². The van der Waals surface area contributed by atoms with Gasteiger partial charge in [-0.15, -0.1) is 0 Å². The van der Waals surface area contributed by atoms with Crippen molar-refractivity contribution in [3.8, 4) is 0 Å². The van der Waals surface area contributed by atoms with E-state index in [2.05, 4.69) is 33.2 Å². The molecular formula is C15H17BrN2O. The van der Waals surface area contributed by atoms with Gasteiger partial charge in [0.25, 0.3) is 5.91 Å². The van der Waals surface area contributed by atoms with Crippen LogP contribution in [0, 0.1) is 12.8 Å². The summed E-state index contributed by atoms with van der Waals surface area (Å²) >= 11 is 3.41. The molecule has 0 aliphatic carbocycles. The smallest absolute Gasteiger partial charge is 0.252 e. The van der Waals surface area contributed by atoms with Crippen molar-refractivity contribution in [2.75, 3.05) is 11.9 Å². The minimum atomic E-state index is -0.0329. The first kappa shape index (κ1) is 14.0. The Morgan fingerprint density at radius 1 is 1.42 bits per heavy atom. The molecule has 2 rings (SSSR count). The number of pyridine rings is 1. The molecule has 2 aromatic rings. The summed E-state index contributed by atoms with van der Waals surface area (Å²) in [4.78, 5) is 16.7. The van der Waals surface area contributed by atoms with Gasteiger partial charge >= 0.3 is 0 Å². The number of carbonyl (C=O) groups excluding carboxylic acids is 1. The third-order valence-electron chi connectivity index (χ3n) is 2.96. The summed E-state index contributed by atoms with van der Waals surface area (Å²) in [6, 6.07) is 9.57. The molecule has 0 aliphatic heterocycles. The Hall–Kier alpha value is -1.42. The number of alkyl halides is 1. The van der Waals surface area contributed by atoms with E-state index in [1.54, 1.807) is 0 Å². The van der Waals surface area contributed by atoms with Gasteiger partial charge in [0.05, 0.1) is 11.1 Å². The van der Waals surface area contributed by atoms with Gasteiger partial charge in [0.1, 0.15) is 0 Å². The molecule has 0 spiro atoms. The standard InChI is InChI=1S/C15H17BrN2O/c1-10(8-16)9-17-15(19)13-7-11(2)18-14-6-4-3-5-12(13)14/h3-7,10H,8-9H2,1-2H3,(H,17,19). The molecule has 1 N–H and O–H groups in total. The van der Waals surface area contributed by atoms with Crippen molar-refractivity contribution < 1.29 is 4.79 Å². The molecule has 4 heteroatoms. The van der Waals surface area contributed by atoms with Crippen LogP contribution in [-0.2, 0) is 0 Å². The normalized spacial score (nSPS) is 12.4. The van der Waals surface area contributed by atoms with Crippen molar-refractivity contribution in [2.45, 2.75) is 13.8 Å². The van der Waals surface area contributed by atoms with Gasteiger partial charge < -0.3 is 5.32 Å². The highest BCUT2D eigenvalue weighted by atomic mass is 79.9. The summed E-state index contributed by atoms with van der Waals surface area (Å²) in [6.45, 7) is 4.66. The zero-order valence-corrected chi connectivity index (χ0v) is 12.7. The number of halogens is 1. The number of aromatic nitrogens is 1. The summed E-state index contributed by atoms with van der Waals surface area (Å²) in [5.74, 6) is 0.382. The van der Waals surface area contributed by atoms with E-state index in [1.807, 2.05) is 37.3 Å². The van der Waals surface area contributed by atoms with Crippen LogP contribution in [0.3, 0.4) is 0 Å². The zero-order valence-electron chi connectivity index (χ0n) is 11.1. The Morgan fingerprint density at radius 2 is 2.16 bits per heavy atom. The van der Waals surface area contributed by atoms with Crippen LogP contribution in [0.25, 0.3) is 10.9 Å². The van der Waals surface area contributed by atoms with E-state index in [9.17, 15) is 4.79 Å². The average molecular weight is 321 g/mol. The maximum atomic E-state index is 12.3. The molecule has 1 unspecified atom stereocenters. The number of nitrogens with one attached hydrogen (secondary N) is 1. The molecule has 1 amide bonds. The topological polar surface area (TPSA) is 42.0 Å². The van der Waals surface area contributed by atoms with Crippen molar-refractivity contribution in [2.24, 2.45) is 5.92 Å². The molecule has 0 aliphatic rings. The summed E-state index contributed by atoms with van der Waals surface area (Å²) in [5, 5.41) is 4.75. The first-order chi connectivity index (χ1) is 9.11. The van der Waals surface area contributed by atoms with E-state index in [0.29, 0.717) is 18.0 Å². The third kappa shape index (κ3) is 3.32. The first-order valence-electron chi connectivity index (χ1n) is 6.32. The van der Waals surface area contributed by atoms with Crippen LogP contribution in [0.5, 0.6) is 0 Å². The predicted molar refractivity (Wildman–Crippen MR) is 81.8 cm³/mol. The zero-order chi connectivity index (χ0) is 13.8. The molecule has 1 aromatic carbocycles. The molecule has 0 radical (unpaired) electrons. The minimum Gasteiger partial charge on any atom is -0.352 e. The fraction of sp³-hybridized carbons (Fsp3) is 0.333. The number of rotatable bonds is 4. The highest BCUT2D eigenvalue weighted by molar-refractivity contribution is 9.09. The van der Waals surface area contributed by atoms with E-state index in [-0.39, 0.29) is 5.91 Å². The Labute approximate surface area is 121 Å². The monoisotopic (exact) mass is 320 g/mol. The lowest BCUT2D eigenvalue weighted by atomic mass is 10.1. The highest BCUT2D eigenvalue weighted by Gasteiger charge is 2.12. The first-order valence-corrected chi connectivity index (χ1v) is 7.44. The van der Waals surface area contributed by atoms with E-state index in [4.69, 9.17) is 0 Å². The van der Waals surface area contributed by atoms with Crippen LogP contribution in [-0.4, -0.2) is 22.8 Å². The van der Waals surface area contributed by atoms with Gasteiger partial charge in [-0.1, -0.05) is 41.1 Å². The van der Waals surface area contributed by atoms with Crippen LogP contribution in [0.4, 0.5) is 0 Å². The lowest BCUT2D eigenvalue weighted by Gasteiger charge is -2.11. The quantitative estimate of drug-likeness (QED) is 0.878. The van der Waals surface area contributed by atoms with Crippen LogP contribution in [0.1, 0.15) is 23.0 Å². The van der Waals surface area contributed by atoms with Crippen molar-refractivity contribution in [3.05, 3.63) is 41.6 Å². The molecule has 0 saturated carbocycles. The van der Waals surface area contributed by atoms with Crippen molar-refractivity contribution >= 4 is 32.7 Å². The molecule has 1 atom stereocenters. The number of amides is 1. The average Bonchev–Trinajstić information content (AvgIpc) is 2.43. The lowest BCUT2D eigenvalue weighted by molar-refractivity contribution is 0.0951. The van der Waals surface area contributed by atoms with E-state index in [0.717, 1.165) is 21.9 Å². The van der Waals surface area contributed by atoms with Gasteiger partial charge in [-0.25, -0.2) is 0 Å². The summed E-state index contributed by atoms with van der Waals surface area (Å²) in [5.41, 5.74) is 2.42. The number of hydrogen-bond donors (Lipinski definition) is 1. The second-order valence-corrected chi connectivity index (χ2v) is 5.45. The summed E-state index contributed by atoms with van der Waals surface area (Å²) < 4.78 is 0. The van der Waals surface area contributed by atoms with Crippen LogP contribution in [0.2, 0.25) is 0 Å². The van der Waals surface area contributed by atoms with Gasteiger partial charge in [0.2, 0.25) is 0 Å². The van der Waals surface area contributed by atoms with Gasteiger partial charge in [-0.3, -0.25) is 9.78 Å². The van der Waals surface area contributed by atoms with E-state index in [1.165, 1.54) is 0 Å². The van der Waals surface area contributed by atoms with Gasteiger partial charge in [-0.05, 0) is 25.0 Å². The SMILES string of the molecule is Cc1cc(C(=O)NCC(C)CBr)c2ccccc2n1. The second-order valence-electron chi connectivity index (χ2n) is 4.80. The number of benzene rings is 1. The molecule has 1 aromatic heterocycles. The fourth-order valence-corrected chi connectivity index (χ4v) is 2.14. The number of carbonyl (C=O) groups is 1. The van der Waals surface area contributed by atoms with Crippen LogP contribution < -0.4 is 5.32 Å². The molecule has 0 fully saturated rings. The lowest BCUT2D eigenvalue weighted by Crippen LogP contribution is -2.29. The highest BCUT2D eigenvalue weighted by Crippen LogP contribution is 2.18. The maximum Gasteiger partial charge on any atom is 0.252 e. The molecule has 0 saturated heterocycles. The maximum absolute atomic E-state index is 12.3. The Balaban J connectivity index is 2.31. The summed E-state index contributed by atoms with van der Waals surface area (Å²) in [7, 11) is 0. The Bertz CT molecular complexity index is 598. The largest absolute Gasteiger partial charge is 0.352 e. The van der Waals surface area contributed by atoms with Gasteiger partial charge in [-0.2, -0.15) is 0 Å². The molecule has 19 heavy (non-hydrogen) atoms. The molecule has 1 heterocycles. The molecular weight excluding hydrogens is 304 g/mol. The predicted octanol–water partition coefficient (Wildman–Crippen LogP) is 3.30. The van der Waals surface area contributed by atoms with Crippen LogP contribution in [0.15, 0.2) is 30.3 Å². The summed E-state index contributed by atoms with van der Waals surface area (Å²) in [6.07, 6.45) is 0. The van der Waals surface area contributed by atoms with E-state index >= 15 is 0 Å². The Kier molecular flexibility index (Phi) is 4.53. The van der Waals surface area contributed by atoms with Crippen molar-refractivity contribution in [3.63, 3.8) is 0 Å². The molecule has 3 nitrogen and oxygen atoms in total. The van der Waals surface area contributed by atoms with Crippen molar-refractivity contribution in [1.29, 1.82) is 0 Å². The molecule has 100 valence electrons. The van der Waals surface area contributed by atoms with Crippen LogP contribution >= 0.6 is 15.9 Å². The third-order valence-corrected chi connectivity index (χ3v) is 4.07. The Morgan fingerprint density at radius 3 is 2.89 bits per heavy atom. The molecule has 0 bridgehead atoms. The minimum absolute atomic E-state index is 0.0329. The van der Waals surface area contributed by atoms with Crippen molar-refractivity contribution in [1.82, 2.24) is 10.3 Å². The number of fused-ring (bicyclic) bond motifs is 1. The number of aryl methyl sites for hydroxylation is 1. The van der Waals surface area contributed by atoms with E-state index < -0.39 is 0 Å². The van der Waals surface area contributed by atoms with Gasteiger partial charge in [0, 0.05) is 23.0 Å². The number of para-hydroxylation sites is 1. The number of nitrogens with zero attached hydrogens (tertiary/aromatic N) is 1. The number of hydrogen-bond acceptors (Lipinski definition) is 2.